The van der Waals surface area contributed by atoms with E-state index in [1.165, 1.54) is 11.1 Å². The highest BCUT2D eigenvalue weighted by Crippen LogP contribution is 2.29. The van der Waals surface area contributed by atoms with Crippen molar-refractivity contribution in [2.75, 3.05) is 6.26 Å². The maximum atomic E-state index is 11.8. The predicted molar refractivity (Wildman–Crippen MR) is 67.0 cm³/mol. The van der Waals surface area contributed by atoms with Crippen LogP contribution in [-0.4, -0.2) is 10.5 Å². The van der Waals surface area contributed by atoms with Gasteiger partial charge in [-0.2, -0.15) is 0 Å². The van der Waals surface area contributed by atoms with Crippen LogP contribution in [0.15, 0.2) is 23.1 Å². The summed E-state index contributed by atoms with van der Waals surface area (Å²) in [5.74, 6) is 0.866. The van der Waals surface area contributed by atoms with Crippen molar-refractivity contribution in [3.05, 3.63) is 29.3 Å². The monoisotopic (exact) mass is 224 g/mol. The molecule has 0 fully saturated rings. The highest BCUT2D eigenvalue weighted by molar-refractivity contribution is 7.84. The van der Waals surface area contributed by atoms with Crippen LogP contribution in [-0.2, 0) is 10.8 Å². The van der Waals surface area contributed by atoms with Crippen LogP contribution in [0.5, 0.6) is 0 Å². The average molecular weight is 224 g/mol. The van der Waals surface area contributed by atoms with Crippen molar-refractivity contribution in [2.24, 2.45) is 0 Å². The van der Waals surface area contributed by atoms with Gasteiger partial charge in [0.15, 0.2) is 0 Å². The Morgan fingerprint density at radius 2 is 1.40 bits per heavy atom. The average Bonchev–Trinajstić information content (AvgIpc) is 2.16. The maximum absolute atomic E-state index is 11.8. The Morgan fingerprint density at radius 1 is 1.00 bits per heavy atom. The zero-order chi connectivity index (χ0) is 11.6. The van der Waals surface area contributed by atoms with Crippen LogP contribution in [0.25, 0.3) is 0 Å². The maximum Gasteiger partial charge on any atom is 0.0503 e. The highest BCUT2D eigenvalue weighted by atomic mass is 32.2. The summed E-state index contributed by atoms with van der Waals surface area (Å²) in [6.07, 6.45) is 1.77. The molecule has 0 heterocycles. The van der Waals surface area contributed by atoms with Gasteiger partial charge < -0.3 is 0 Å². The van der Waals surface area contributed by atoms with Crippen molar-refractivity contribution in [2.45, 2.75) is 44.4 Å². The lowest BCUT2D eigenvalue weighted by Crippen LogP contribution is -2.04. The normalized spacial score (nSPS) is 13.5. The molecular formula is C13H20OS. The third-order valence-corrected chi connectivity index (χ3v) is 3.65. The van der Waals surface area contributed by atoms with Gasteiger partial charge in [0, 0.05) is 11.2 Å². The van der Waals surface area contributed by atoms with E-state index in [-0.39, 0.29) is 0 Å². The van der Waals surface area contributed by atoms with E-state index >= 15 is 0 Å². The van der Waals surface area contributed by atoms with E-state index in [9.17, 15) is 4.21 Å². The van der Waals surface area contributed by atoms with E-state index in [0.717, 1.165) is 4.90 Å². The third-order valence-electron chi connectivity index (χ3n) is 2.61. The Kier molecular flexibility index (Phi) is 4.09. The molecule has 15 heavy (non-hydrogen) atoms. The fourth-order valence-corrected chi connectivity index (χ4v) is 3.09. The van der Waals surface area contributed by atoms with Crippen LogP contribution in [0.4, 0.5) is 0 Å². The molecular weight excluding hydrogens is 204 g/mol. The Morgan fingerprint density at radius 3 is 1.67 bits per heavy atom. The Labute approximate surface area is 95.4 Å². The van der Waals surface area contributed by atoms with Crippen LogP contribution in [0.3, 0.4) is 0 Å². The molecule has 0 spiro atoms. The van der Waals surface area contributed by atoms with Crippen LogP contribution < -0.4 is 0 Å². The summed E-state index contributed by atoms with van der Waals surface area (Å²) in [7, 11) is -0.893. The summed E-state index contributed by atoms with van der Waals surface area (Å²) in [4.78, 5) is 1.04. The smallest absolute Gasteiger partial charge is 0.0503 e. The summed E-state index contributed by atoms with van der Waals surface area (Å²) in [5, 5.41) is 0. The van der Waals surface area contributed by atoms with E-state index < -0.39 is 10.8 Å². The molecule has 1 nitrogen and oxygen atoms in total. The van der Waals surface area contributed by atoms with Gasteiger partial charge in [-0.15, -0.1) is 0 Å². The van der Waals surface area contributed by atoms with E-state index in [1.54, 1.807) is 6.26 Å². The minimum atomic E-state index is -0.893. The molecule has 1 unspecified atom stereocenters. The van der Waals surface area contributed by atoms with Gasteiger partial charge in [0.25, 0.3) is 0 Å². The molecule has 1 aromatic rings. The van der Waals surface area contributed by atoms with Gasteiger partial charge in [0.2, 0.25) is 0 Å². The second kappa shape index (κ2) is 4.93. The molecule has 1 atom stereocenters. The van der Waals surface area contributed by atoms with Gasteiger partial charge in [0.1, 0.15) is 0 Å². The van der Waals surface area contributed by atoms with Gasteiger partial charge >= 0.3 is 0 Å². The Bertz CT molecular complexity index is 341. The summed E-state index contributed by atoms with van der Waals surface area (Å²) >= 11 is 0. The molecule has 0 saturated heterocycles. The fraction of sp³-hybridized carbons (Fsp3) is 0.538. The van der Waals surface area contributed by atoms with Crippen molar-refractivity contribution in [1.82, 2.24) is 0 Å². The zero-order valence-electron chi connectivity index (χ0n) is 10.2. The molecule has 0 aliphatic rings. The Hall–Kier alpha value is -0.630. The molecule has 0 amide bonds. The van der Waals surface area contributed by atoms with Crippen molar-refractivity contribution >= 4 is 10.8 Å². The number of rotatable bonds is 3. The Balaban J connectivity index is 3.42. The summed E-state index contributed by atoms with van der Waals surface area (Å²) in [6, 6.07) is 6.25. The largest absolute Gasteiger partial charge is 0.255 e. The number of benzene rings is 1. The predicted octanol–water partition coefficient (Wildman–Crippen LogP) is 3.67. The minimum absolute atomic E-state index is 0.433. The van der Waals surface area contributed by atoms with Gasteiger partial charge in [-0.25, -0.2) is 0 Å². The summed E-state index contributed by atoms with van der Waals surface area (Å²) in [5.41, 5.74) is 2.45. The first-order valence-corrected chi connectivity index (χ1v) is 6.97. The fourth-order valence-electron chi connectivity index (χ4n) is 1.81. The van der Waals surface area contributed by atoms with Crippen LogP contribution in [0.1, 0.15) is 50.7 Å². The second-order valence-electron chi connectivity index (χ2n) is 4.53. The van der Waals surface area contributed by atoms with E-state index in [1.807, 2.05) is 0 Å². The first kappa shape index (κ1) is 12.4. The topological polar surface area (TPSA) is 17.1 Å². The van der Waals surface area contributed by atoms with Crippen LogP contribution in [0.2, 0.25) is 0 Å². The first-order chi connectivity index (χ1) is 6.95. The molecule has 0 N–H and O–H groups in total. The van der Waals surface area contributed by atoms with Gasteiger partial charge in [-0.3, -0.25) is 4.21 Å². The van der Waals surface area contributed by atoms with Crippen molar-refractivity contribution < 1.29 is 4.21 Å². The van der Waals surface area contributed by atoms with E-state index in [4.69, 9.17) is 0 Å². The minimum Gasteiger partial charge on any atom is -0.255 e. The highest BCUT2D eigenvalue weighted by Gasteiger charge is 2.15. The third kappa shape index (κ3) is 2.69. The molecule has 0 bridgehead atoms. The van der Waals surface area contributed by atoms with Crippen LogP contribution in [0, 0.1) is 0 Å². The van der Waals surface area contributed by atoms with Crippen LogP contribution >= 0.6 is 0 Å². The molecule has 2 heteroatoms. The number of hydrogen-bond acceptors (Lipinski definition) is 1. The van der Waals surface area contributed by atoms with Crippen molar-refractivity contribution in [3.8, 4) is 0 Å². The molecule has 1 rings (SSSR count). The molecule has 0 saturated carbocycles. The SMILES string of the molecule is CC(C)c1cccc(C(C)C)c1S(C)=O. The lowest BCUT2D eigenvalue weighted by molar-refractivity contribution is 0.681. The molecule has 0 aliphatic heterocycles. The van der Waals surface area contributed by atoms with E-state index in [2.05, 4.69) is 45.9 Å². The van der Waals surface area contributed by atoms with Gasteiger partial charge in [0.05, 0.1) is 10.8 Å². The lowest BCUT2D eigenvalue weighted by Gasteiger charge is -2.17. The molecule has 84 valence electrons. The van der Waals surface area contributed by atoms with Crippen molar-refractivity contribution in [1.29, 1.82) is 0 Å². The standard InChI is InChI=1S/C13H20OS/c1-9(2)11-7-6-8-12(10(3)4)13(11)15(5)14/h6-10H,1-5H3. The zero-order valence-corrected chi connectivity index (χ0v) is 11.0. The summed E-state index contributed by atoms with van der Waals surface area (Å²) < 4.78 is 11.8. The molecule has 0 aliphatic carbocycles. The molecule has 1 aromatic carbocycles. The second-order valence-corrected chi connectivity index (χ2v) is 5.85. The van der Waals surface area contributed by atoms with Gasteiger partial charge in [-0.1, -0.05) is 45.9 Å². The summed E-state index contributed by atoms with van der Waals surface area (Å²) in [6.45, 7) is 8.59. The molecule has 0 aromatic heterocycles. The van der Waals surface area contributed by atoms with E-state index in [0.29, 0.717) is 11.8 Å². The lowest BCUT2D eigenvalue weighted by atomic mass is 9.95. The quantitative estimate of drug-likeness (QED) is 0.765. The molecule has 0 radical (unpaired) electrons. The van der Waals surface area contributed by atoms with Crippen molar-refractivity contribution in [3.63, 3.8) is 0 Å². The first-order valence-electron chi connectivity index (χ1n) is 5.41. The number of hydrogen-bond donors (Lipinski definition) is 0. The van der Waals surface area contributed by atoms with Gasteiger partial charge in [-0.05, 0) is 23.0 Å².